The number of hydrogen-bond acceptors (Lipinski definition) is 6. The molecular weight excluding hydrogens is 378 g/mol. The number of fused-ring (bicyclic) bond motifs is 1. The lowest BCUT2D eigenvalue weighted by molar-refractivity contribution is 0.0467. The van der Waals surface area contributed by atoms with Crippen LogP contribution < -0.4 is 4.31 Å². The molecule has 0 atom stereocenters. The van der Waals surface area contributed by atoms with Crippen molar-refractivity contribution < 1.29 is 17.9 Å². The third-order valence-electron chi connectivity index (χ3n) is 4.67. The van der Waals surface area contributed by atoms with E-state index in [1.807, 2.05) is 31.2 Å². The Morgan fingerprint density at radius 3 is 2.39 bits per heavy atom. The van der Waals surface area contributed by atoms with E-state index in [1.54, 1.807) is 24.3 Å². The highest BCUT2D eigenvalue weighted by atomic mass is 32.2. The fourth-order valence-corrected chi connectivity index (χ4v) is 4.74. The van der Waals surface area contributed by atoms with E-state index < -0.39 is 16.0 Å². The number of hydrogen-bond donors (Lipinski definition) is 0. The summed E-state index contributed by atoms with van der Waals surface area (Å²) in [7, 11) is -3.24. The topological polar surface area (TPSA) is 89.5 Å². The first-order valence-corrected chi connectivity index (χ1v) is 10.5. The molecule has 1 fully saturated rings. The third kappa shape index (κ3) is 3.55. The smallest absolute Gasteiger partial charge is 0.338 e. The molecule has 3 aromatic rings. The fraction of sp³-hybridized carbons (Fsp3) is 0.250. The summed E-state index contributed by atoms with van der Waals surface area (Å²) in [6, 6.07) is 13.9. The van der Waals surface area contributed by atoms with Gasteiger partial charge in [0, 0.05) is 6.54 Å². The SMILES string of the molecule is Cc1nc2ccccc2nc1COC(=O)c1ccc(N2CCCS2(=O)=O)cc1. The quantitative estimate of drug-likeness (QED) is 0.629. The molecule has 28 heavy (non-hydrogen) atoms. The molecule has 2 aromatic carbocycles. The van der Waals surface area contributed by atoms with Crippen molar-refractivity contribution in [3.8, 4) is 0 Å². The number of anilines is 1. The van der Waals surface area contributed by atoms with Gasteiger partial charge in [-0.2, -0.15) is 0 Å². The maximum Gasteiger partial charge on any atom is 0.338 e. The van der Waals surface area contributed by atoms with Crippen molar-refractivity contribution in [1.29, 1.82) is 0 Å². The van der Waals surface area contributed by atoms with Gasteiger partial charge in [-0.3, -0.25) is 4.31 Å². The van der Waals surface area contributed by atoms with Crippen LogP contribution in [0.25, 0.3) is 11.0 Å². The number of carbonyl (C=O) groups excluding carboxylic acids is 1. The lowest BCUT2D eigenvalue weighted by atomic mass is 10.2. The van der Waals surface area contributed by atoms with E-state index in [2.05, 4.69) is 9.97 Å². The Bertz CT molecular complexity index is 1140. The Hall–Kier alpha value is -3.00. The van der Waals surface area contributed by atoms with Gasteiger partial charge in [-0.15, -0.1) is 0 Å². The normalized spacial score (nSPS) is 15.7. The zero-order chi connectivity index (χ0) is 19.7. The van der Waals surface area contributed by atoms with E-state index >= 15 is 0 Å². The summed E-state index contributed by atoms with van der Waals surface area (Å²) in [5, 5.41) is 0. The number of carbonyl (C=O) groups is 1. The second kappa shape index (κ2) is 7.20. The molecule has 1 aliphatic heterocycles. The zero-order valence-electron chi connectivity index (χ0n) is 15.3. The van der Waals surface area contributed by atoms with Crippen LogP contribution in [0, 0.1) is 6.92 Å². The maximum absolute atomic E-state index is 12.4. The van der Waals surface area contributed by atoms with Gasteiger partial charge in [0.25, 0.3) is 0 Å². The number of para-hydroxylation sites is 2. The zero-order valence-corrected chi connectivity index (χ0v) is 16.1. The second-order valence-corrected chi connectivity index (χ2v) is 8.62. The Labute approximate surface area is 163 Å². The molecule has 7 nitrogen and oxygen atoms in total. The van der Waals surface area contributed by atoms with Gasteiger partial charge in [-0.1, -0.05) is 12.1 Å². The van der Waals surface area contributed by atoms with Gasteiger partial charge in [0.05, 0.1) is 39.4 Å². The number of ether oxygens (including phenoxy) is 1. The molecule has 0 unspecified atom stereocenters. The fourth-order valence-electron chi connectivity index (χ4n) is 3.17. The summed E-state index contributed by atoms with van der Waals surface area (Å²) in [4.78, 5) is 21.3. The lowest BCUT2D eigenvalue weighted by Gasteiger charge is -2.16. The van der Waals surface area contributed by atoms with Crippen molar-refractivity contribution in [3.63, 3.8) is 0 Å². The number of aromatic nitrogens is 2. The van der Waals surface area contributed by atoms with Crippen molar-refractivity contribution >= 4 is 32.7 Å². The summed E-state index contributed by atoms with van der Waals surface area (Å²) in [6.07, 6.45) is 0.609. The van der Waals surface area contributed by atoms with Crippen LogP contribution in [0.3, 0.4) is 0 Å². The van der Waals surface area contributed by atoms with Crippen LogP contribution in [0.2, 0.25) is 0 Å². The molecule has 1 saturated heterocycles. The molecule has 2 heterocycles. The monoisotopic (exact) mass is 397 g/mol. The maximum atomic E-state index is 12.4. The first kappa shape index (κ1) is 18.4. The molecule has 0 aliphatic carbocycles. The first-order chi connectivity index (χ1) is 13.4. The average molecular weight is 397 g/mol. The molecule has 0 bridgehead atoms. The van der Waals surface area contributed by atoms with Crippen LogP contribution in [-0.2, 0) is 21.4 Å². The molecule has 1 aliphatic rings. The standard InChI is InChI=1S/C20H19N3O4S/c1-14-19(22-18-6-3-2-5-17(18)21-14)13-27-20(24)15-7-9-16(10-8-15)23-11-4-12-28(23,25)26/h2-3,5-10H,4,11-13H2,1H3. The van der Waals surface area contributed by atoms with Gasteiger partial charge in [-0.05, 0) is 49.7 Å². The highest BCUT2D eigenvalue weighted by Gasteiger charge is 2.28. The molecular formula is C20H19N3O4S. The van der Waals surface area contributed by atoms with Gasteiger partial charge >= 0.3 is 5.97 Å². The van der Waals surface area contributed by atoms with E-state index in [9.17, 15) is 13.2 Å². The second-order valence-electron chi connectivity index (χ2n) is 6.61. The number of rotatable bonds is 4. The Balaban J connectivity index is 1.46. The summed E-state index contributed by atoms with van der Waals surface area (Å²) >= 11 is 0. The van der Waals surface area contributed by atoms with Crippen LogP contribution in [-0.4, -0.2) is 36.7 Å². The van der Waals surface area contributed by atoms with Crippen LogP contribution in [0.5, 0.6) is 0 Å². The van der Waals surface area contributed by atoms with Crippen molar-refractivity contribution in [2.75, 3.05) is 16.6 Å². The van der Waals surface area contributed by atoms with Crippen LogP contribution in [0.4, 0.5) is 5.69 Å². The van der Waals surface area contributed by atoms with E-state index in [1.165, 1.54) is 4.31 Å². The largest absolute Gasteiger partial charge is 0.456 e. The third-order valence-corrected chi connectivity index (χ3v) is 6.54. The Morgan fingerprint density at radius 2 is 1.75 bits per heavy atom. The minimum atomic E-state index is -3.24. The van der Waals surface area contributed by atoms with Gasteiger partial charge in [0.15, 0.2) is 0 Å². The number of esters is 1. The predicted octanol–water partition coefficient (Wildman–Crippen LogP) is 2.84. The van der Waals surface area contributed by atoms with Crippen molar-refractivity contribution in [1.82, 2.24) is 9.97 Å². The van der Waals surface area contributed by atoms with E-state index in [4.69, 9.17) is 4.74 Å². The van der Waals surface area contributed by atoms with E-state index in [-0.39, 0.29) is 12.4 Å². The van der Waals surface area contributed by atoms with Crippen LogP contribution in [0.1, 0.15) is 28.2 Å². The highest BCUT2D eigenvalue weighted by molar-refractivity contribution is 7.93. The molecule has 144 valence electrons. The molecule has 4 rings (SSSR count). The van der Waals surface area contributed by atoms with Gasteiger partial charge in [0.2, 0.25) is 10.0 Å². The number of nitrogens with zero attached hydrogens (tertiary/aromatic N) is 3. The number of benzene rings is 2. The molecule has 0 radical (unpaired) electrons. The summed E-state index contributed by atoms with van der Waals surface area (Å²) in [5.41, 5.74) is 3.77. The van der Waals surface area contributed by atoms with E-state index in [0.29, 0.717) is 35.6 Å². The molecule has 0 saturated carbocycles. The summed E-state index contributed by atoms with van der Waals surface area (Å²) in [5.74, 6) is -0.340. The van der Waals surface area contributed by atoms with Crippen molar-refractivity contribution in [3.05, 3.63) is 65.5 Å². The van der Waals surface area contributed by atoms with Gasteiger partial charge < -0.3 is 4.74 Å². The minimum absolute atomic E-state index is 0.0186. The molecule has 1 aromatic heterocycles. The number of sulfonamides is 1. The summed E-state index contributed by atoms with van der Waals surface area (Å²) < 4.78 is 30.7. The van der Waals surface area contributed by atoms with Crippen LogP contribution in [0.15, 0.2) is 48.5 Å². The lowest BCUT2D eigenvalue weighted by Crippen LogP contribution is -2.25. The van der Waals surface area contributed by atoms with Gasteiger partial charge in [0.1, 0.15) is 6.61 Å². The summed E-state index contributed by atoms with van der Waals surface area (Å²) in [6.45, 7) is 2.31. The van der Waals surface area contributed by atoms with E-state index in [0.717, 1.165) is 11.0 Å². The Morgan fingerprint density at radius 1 is 1.07 bits per heavy atom. The highest BCUT2D eigenvalue weighted by Crippen LogP contribution is 2.24. The average Bonchev–Trinajstić information content (AvgIpc) is 3.05. The van der Waals surface area contributed by atoms with Gasteiger partial charge in [-0.25, -0.2) is 23.2 Å². The van der Waals surface area contributed by atoms with Crippen molar-refractivity contribution in [2.45, 2.75) is 20.0 Å². The molecule has 0 N–H and O–H groups in total. The molecule has 0 spiro atoms. The molecule has 0 amide bonds. The van der Waals surface area contributed by atoms with Crippen molar-refractivity contribution in [2.24, 2.45) is 0 Å². The number of aryl methyl sites for hydroxylation is 1. The minimum Gasteiger partial charge on any atom is -0.456 e. The molecule has 8 heteroatoms. The Kier molecular flexibility index (Phi) is 4.72. The first-order valence-electron chi connectivity index (χ1n) is 8.94. The van der Waals surface area contributed by atoms with Crippen LogP contribution >= 0.6 is 0 Å². The predicted molar refractivity (Wildman–Crippen MR) is 106 cm³/mol.